The Morgan fingerprint density at radius 2 is 2.40 bits per heavy atom. The summed E-state index contributed by atoms with van der Waals surface area (Å²) in [6, 6.07) is 1.57. The summed E-state index contributed by atoms with van der Waals surface area (Å²) in [5.41, 5.74) is -0.0759. The maximum absolute atomic E-state index is 11.1. The number of aromatic nitrogens is 2. The van der Waals surface area contributed by atoms with Gasteiger partial charge >= 0.3 is 0 Å². The van der Waals surface area contributed by atoms with Crippen LogP contribution in [0.4, 0.5) is 5.82 Å². The lowest BCUT2D eigenvalue weighted by atomic mass is 9.95. The fraction of sp³-hybridized carbons (Fsp3) is 0.636. The lowest BCUT2D eigenvalue weighted by Gasteiger charge is -2.18. The molecule has 1 aliphatic rings. The second kappa shape index (κ2) is 4.04. The zero-order chi connectivity index (χ0) is 10.8. The Morgan fingerprint density at radius 1 is 1.60 bits per heavy atom. The smallest absolute Gasteiger partial charge is 0.252 e. The lowest BCUT2D eigenvalue weighted by Crippen LogP contribution is -2.23. The number of nitrogens with one attached hydrogen (secondary N) is 1. The van der Waals surface area contributed by atoms with E-state index < -0.39 is 0 Å². The highest BCUT2D eigenvalue weighted by Gasteiger charge is 2.25. The molecule has 15 heavy (non-hydrogen) atoms. The van der Waals surface area contributed by atoms with Crippen LogP contribution in [0, 0.1) is 11.8 Å². The van der Waals surface area contributed by atoms with Crippen molar-refractivity contribution in [2.24, 2.45) is 11.8 Å². The first-order valence-electron chi connectivity index (χ1n) is 5.46. The predicted octanol–water partition coefficient (Wildman–Crippen LogP) is 1.25. The third kappa shape index (κ3) is 2.19. The highest BCUT2D eigenvalue weighted by Crippen LogP contribution is 2.26. The Balaban J connectivity index is 2.11. The van der Waals surface area contributed by atoms with E-state index in [1.165, 1.54) is 12.7 Å². The molecule has 4 heteroatoms. The molecule has 0 spiro atoms. The Labute approximate surface area is 89.3 Å². The molecule has 1 fully saturated rings. The van der Waals surface area contributed by atoms with Gasteiger partial charge in [0, 0.05) is 19.2 Å². The van der Waals surface area contributed by atoms with Crippen LogP contribution < -0.4 is 10.5 Å². The fourth-order valence-electron chi connectivity index (χ4n) is 2.07. The van der Waals surface area contributed by atoms with Crippen LogP contribution in [0.1, 0.15) is 20.3 Å². The molecule has 1 aromatic rings. The van der Waals surface area contributed by atoms with Crippen LogP contribution in [0.3, 0.4) is 0 Å². The van der Waals surface area contributed by atoms with Gasteiger partial charge in [0.2, 0.25) is 0 Å². The van der Waals surface area contributed by atoms with Gasteiger partial charge in [0.15, 0.2) is 0 Å². The largest absolute Gasteiger partial charge is 0.356 e. The van der Waals surface area contributed by atoms with E-state index in [1.807, 2.05) is 0 Å². The zero-order valence-electron chi connectivity index (χ0n) is 9.23. The summed E-state index contributed by atoms with van der Waals surface area (Å²) in [7, 11) is 0. The number of anilines is 1. The maximum Gasteiger partial charge on any atom is 0.252 e. The average molecular weight is 207 g/mol. The number of nitrogens with zero attached hydrogens (tertiary/aromatic N) is 2. The van der Waals surface area contributed by atoms with Gasteiger partial charge in [-0.2, -0.15) is 0 Å². The molecule has 0 saturated carbocycles. The van der Waals surface area contributed by atoms with Crippen molar-refractivity contribution in [3.63, 3.8) is 0 Å². The molecule has 0 amide bonds. The monoisotopic (exact) mass is 207 g/mol. The first-order chi connectivity index (χ1) is 7.16. The maximum atomic E-state index is 11.1. The summed E-state index contributed by atoms with van der Waals surface area (Å²) in [6.45, 7) is 6.53. The van der Waals surface area contributed by atoms with Crippen molar-refractivity contribution in [1.29, 1.82) is 0 Å². The molecular weight excluding hydrogens is 190 g/mol. The summed E-state index contributed by atoms with van der Waals surface area (Å²) in [6.07, 6.45) is 2.67. The van der Waals surface area contributed by atoms with Crippen LogP contribution >= 0.6 is 0 Å². The number of hydrogen-bond donors (Lipinski definition) is 1. The van der Waals surface area contributed by atoms with E-state index >= 15 is 0 Å². The molecule has 1 aromatic heterocycles. The fourth-order valence-corrected chi connectivity index (χ4v) is 2.07. The standard InChI is InChI=1S/C11H17N3O/c1-8(2)9-3-4-14(6-9)10-5-11(15)13-7-12-10/h5,7-9H,3-4,6H2,1-2H3,(H,12,13,15). The number of rotatable bonds is 2. The molecule has 1 aliphatic heterocycles. The van der Waals surface area contributed by atoms with Crippen molar-refractivity contribution in [1.82, 2.24) is 9.97 Å². The molecule has 82 valence electrons. The molecule has 1 N–H and O–H groups in total. The summed E-state index contributed by atoms with van der Waals surface area (Å²) in [5.74, 6) is 2.24. The summed E-state index contributed by atoms with van der Waals surface area (Å²) < 4.78 is 0. The highest BCUT2D eigenvalue weighted by molar-refractivity contribution is 5.37. The molecule has 0 aromatic carbocycles. The van der Waals surface area contributed by atoms with Crippen molar-refractivity contribution in [2.75, 3.05) is 18.0 Å². The minimum absolute atomic E-state index is 0.0759. The first kappa shape index (κ1) is 10.2. The van der Waals surface area contributed by atoms with Gasteiger partial charge in [-0.15, -0.1) is 0 Å². The van der Waals surface area contributed by atoms with Gasteiger partial charge in [0.25, 0.3) is 5.56 Å². The topological polar surface area (TPSA) is 49.0 Å². The van der Waals surface area contributed by atoms with Gasteiger partial charge in [-0.3, -0.25) is 4.79 Å². The van der Waals surface area contributed by atoms with Crippen LogP contribution in [0.5, 0.6) is 0 Å². The van der Waals surface area contributed by atoms with E-state index in [2.05, 4.69) is 28.7 Å². The molecule has 1 atom stereocenters. The zero-order valence-corrected chi connectivity index (χ0v) is 9.23. The number of H-pyrrole nitrogens is 1. The van der Waals surface area contributed by atoms with E-state index in [1.54, 1.807) is 6.07 Å². The van der Waals surface area contributed by atoms with Crippen molar-refractivity contribution in [2.45, 2.75) is 20.3 Å². The van der Waals surface area contributed by atoms with Crippen molar-refractivity contribution in [3.05, 3.63) is 22.7 Å². The number of hydrogen-bond acceptors (Lipinski definition) is 3. The number of aromatic amines is 1. The van der Waals surface area contributed by atoms with Crippen molar-refractivity contribution < 1.29 is 0 Å². The van der Waals surface area contributed by atoms with Crippen molar-refractivity contribution >= 4 is 5.82 Å². The molecule has 4 nitrogen and oxygen atoms in total. The SMILES string of the molecule is CC(C)C1CCN(c2cc(=O)[nH]cn2)C1. The Bertz CT molecular complexity index is 385. The molecule has 1 unspecified atom stereocenters. The van der Waals surface area contributed by atoms with Gasteiger partial charge in [0.1, 0.15) is 5.82 Å². The van der Waals surface area contributed by atoms with E-state index in [4.69, 9.17) is 0 Å². The molecular formula is C11H17N3O. The van der Waals surface area contributed by atoms with Gasteiger partial charge in [-0.1, -0.05) is 13.8 Å². The minimum Gasteiger partial charge on any atom is -0.356 e. The van der Waals surface area contributed by atoms with E-state index in [9.17, 15) is 4.79 Å². The van der Waals surface area contributed by atoms with Gasteiger partial charge < -0.3 is 9.88 Å². The predicted molar refractivity (Wildman–Crippen MR) is 60.0 cm³/mol. The van der Waals surface area contributed by atoms with E-state index in [-0.39, 0.29) is 5.56 Å². The van der Waals surface area contributed by atoms with Gasteiger partial charge in [-0.25, -0.2) is 4.98 Å². The van der Waals surface area contributed by atoms with Crippen LogP contribution in [-0.4, -0.2) is 23.1 Å². The second-order valence-corrected chi connectivity index (χ2v) is 4.51. The summed E-state index contributed by atoms with van der Waals surface area (Å²) in [5, 5.41) is 0. The Morgan fingerprint density at radius 3 is 3.00 bits per heavy atom. The van der Waals surface area contributed by atoms with Crippen LogP contribution in [-0.2, 0) is 0 Å². The average Bonchev–Trinajstić information content (AvgIpc) is 2.66. The van der Waals surface area contributed by atoms with Crippen LogP contribution in [0.2, 0.25) is 0 Å². The Hall–Kier alpha value is -1.32. The molecule has 0 aliphatic carbocycles. The normalized spacial score (nSPS) is 21.3. The summed E-state index contributed by atoms with van der Waals surface area (Å²) in [4.78, 5) is 20.1. The minimum atomic E-state index is -0.0759. The molecule has 0 radical (unpaired) electrons. The van der Waals surface area contributed by atoms with Gasteiger partial charge in [0.05, 0.1) is 6.33 Å². The second-order valence-electron chi connectivity index (χ2n) is 4.51. The third-order valence-corrected chi connectivity index (χ3v) is 3.16. The third-order valence-electron chi connectivity index (χ3n) is 3.16. The molecule has 0 bridgehead atoms. The van der Waals surface area contributed by atoms with E-state index in [0.29, 0.717) is 5.92 Å². The summed E-state index contributed by atoms with van der Waals surface area (Å²) >= 11 is 0. The highest BCUT2D eigenvalue weighted by atomic mass is 16.1. The molecule has 2 rings (SSSR count). The van der Waals surface area contributed by atoms with Gasteiger partial charge in [-0.05, 0) is 18.3 Å². The first-order valence-corrected chi connectivity index (χ1v) is 5.46. The van der Waals surface area contributed by atoms with E-state index in [0.717, 1.165) is 24.8 Å². The quantitative estimate of drug-likeness (QED) is 0.794. The van der Waals surface area contributed by atoms with Crippen LogP contribution in [0.25, 0.3) is 0 Å². The van der Waals surface area contributed by atoms with Crippen LogP contribution in [0.15, 0.2) is 17.2 Å². The molecule has 2 heterocycles. The lowest BCUT2D eigenvalue weighted by molar-refractivity contribution is 0.422. The van der Waals surface area contributed by atoms with Crippen molar-refractivity contribution in [3.8, 4) is 0 Å². The molecule has 1 saturated heterocycles. The Kier molecular flexibility index (Phi) is 2.75.